The van der Waals surface area contributed by atoms with Crippen molar-refractivity contribution in [2.45, 2.75) is 24.5 Å². The second-order valence-electron chi connectivity index (χ2n) is 3.40. The molecule has 5 N–H and O–H groups in total. The van der Waals surface area contributed by atoms with Gasteiger partial charge in [0.05, 0.1) is 7.98 Å². The second kappa shape index (κ2) is 4.37. The molecule has 0 radical (unpaired) electrons. The van der Waals surface area contributed by atoms with E-state index >= 15 is 0 Å². The number of anilines is 1. The molecule has 2 heterocycles. The molecule has 1 fully saturated rings. The highest BCUT2D eigenvalue weighted by molar-refractivity contribution is 5.10. The van der Waals surface area contributed by atoms with Crippen molar-refractivity contribution < 1.29 is 22.8 Å². The summed E-state index contributed by atoms with van der Waals surface area (Å²) in [5.41, 5.74) is 4.17. The van der Waals surface area contributed by atoms with Gasteiger partial charge in [-0.1, -0.05) is 0 Å². The van der Waals surface area contributed by atoms with Gasteiger partial charge in [0.2, 0.25) is 5.95 Å². The number of nitrogens with two attached hydrogens (primary N) is 1. The molecular weight excluding hydrogens is 232 g/mol. The van der Waals surface area contributed by atoms with E-state index in [-0.39, 0.29) is 0 Å². The summed E-state index contributed by atoms with van der Waals surface area (Å²) in [7, 11) is 0. The molecule has 9 nitrogen and oxygen atoms in total. The fourth-order valence-corrected chi connectivity index (χ4v) is 1.48. The first-order chi connectivity index (χ1) is 8.78. The zero-order valence-corrected chi connectivity index (χ0v) is 8.52. The van der Waals surface area contributed by atoms with Crippen molar-refractivity contribution >= 4 is 5.95 Å². The first kappa shape index (κ1) is 9.48. The first-order valence-corrected chi connectivity index (χ1v) is 4.68. The Morgan fingerprint density at radius 2 is 2.41 bits per heavy atom. The van der Waals surface area contributed by atoms with Crippen LogP contribution in [0.15, 0.2) is 11.1 Å². The molecule has 0 saturated carbocycles. The standard InChI is InChI=1S/C8H12N4O5/c9-7-10-2-12(8(16)11-7)6-5(15)4(14)3(1-13)17-6/h2-6,13-15H,1H2,(H2,9,11,16)/t3-,4+,5?,6-/m1/s1/i2D,4D. The van der Waals surface area contributed by atoms with Crippen molar-refractivity contribution in [3.05, 3.63) is 16.8 Å². The van der Waals surface area contributed by atoms with Gasteiger partial charge in [-0.15, -0.1) is 0 Å². The maximum atomic E-state index is 11.6. The molecule has 1 aromatic heterocycles. The van der Waals surface area contributed by atoms with Crippen molar-refractivity contribution in [3.63, 3.8) is 0 Å². The normalized spacial score (nSPS) is 38.9. The van der Waals surface area contributed by atoms with E-state index in [0.29, 0.717) is 4.57 Å². The van der Waals surface area contributed by atoms with Crippen LogP contribution in [-0.2, 0) is 4.74 Å². The van der Waals surface area contributed by atoms with Crippen molar-refractivity contribution in [2.24, 2.45) is 0 Å². The molecule has 2 rings (SSSR count). The summed E-state index contributed by atoms with van der Waals surface area (Å²) >= 11 is 0. The summed E-state index contributed by atoms with van der Waals surface area (Å²) in [5.74, 6) is -0.418. The van der Waals surface area contributed by atoms with Gasteiger partial charge in [-0.2, -0.15) is 4.98 Å². The van der Waals surface area contributed by atoms with Gasteiger partial charge < -0.3 is 25.8 Å². The van der Waals surface area contributed by atoms with Crippen molar-refractivity contribution in [1.29, 1.82) is 0 Å². The maximum absolute atomic E-state index is 11.6. The molecule has 0 amide bonds. The van der Waals surface area contributed by atoms with Crippen LogP contribution in [0.1, 0.15) is 8.97 Å². The van der Waals surface area contributed by atoms with Crippen LogP contribution in [0.25, 0.3) is 0 Å². The number of aromatic nitrogens is 3. The molecule has 0 aliphatic carbocycles. The number of ether oxygens (including phenoxy) is 1. The fraction of sp³-hybridized carbons (Fsp3) is 0.625. The van der Waals surface area contributed by atoms with Crippen LogP contribution in [0.2, 0.25) is 0 Å². The molecule has 1 unspecified atom stereocenters. The summed E-state index contributed by atoms with van der Waals surface area (Å²) in [6, 6.07) is 0. The van der Waals surface area contributed by atoms with E-state index < -0.39 is 49.1 Å². The molecule has 1 saturated heterocycles. The number of aliphatic hydroxyl groups is 3. The molecule has 4 atom stereocenters. The molecule has 1 aromatic rings. The highest BCUT2D eigenvalue weighted by Crippen LogP contribution is 2.27. The topological polar surface area (TPSA) is 144 Å². The molecule has 0 aromatic carbocycles. The molecule has 1 aliphatic rings. The highest BCUT2D eigenvalue weighted by Gasteiger charge is 2.43. The van der Waals surface area contributed by atoms with E-state index in [4.69, 9.17) is 18.3 Å². The second-order valence-corrected chi connectivity index (χ2v) is 3.40. The molecule has 94 valence electrons. The highest BCUT2D eigenvalue weighted by atomic mass is 16.6. The fourth-order valence-electron chi connectivity index (χ4n) is 1.48. The Labute approximate surface area is 97.9 Å². The van der Waals surface area contributed by atoms with Crippen molar-refractivity contribution in [1.82, 2.24) is 14.5 Å². The first-order valence-electron chi connectivity index (χ1n) is 5.68. The van der Waals surface area contributed by atoms with Crippen molar-refractivity contribution in [2.75, 3.05) is 12.3 Å². The van der Waals surface area contributed by atoms with Crippen LogP contribution in [-0.4, -0.2) is 54.7 Å². The van der Waals surface area contributed by atoms with Gasteiger partial charge in [-0.05, 0) is 0 Å². The van der Waals surface area contributed by atoms with Gasteiger partial charge in [-0.25, -0.2) is 9.78 Å². The molecular formula is C8H12N4O5. The summed E-state index contributed by atoms with van der Waals surface area (Å²) in [6.07, 6.45) is -8.02. The summed E-state index contributed by atoms with van der Waals surface area (Å²) in [6.45, 7) is -0.745. The van der Waals surface area contributed by atoms with E-state index in [1.165, 1.54) is 0 Å². The van der Waals surface area contributed by atoms with Gasteiger partial charge >= 0.3 is 5.69 Å². The number of rotatable bonds is 2. The predicted octanol–water partition coefficient (Wildman–Crippen LogP) is -3.17. The van der Waals surface area contributed by atoms with E-state index in [1.54, 1.807) is 0 Å². The Balaban J connectivity index is 2.47. The van der Waals surface area contributed by atoms with Gasteiger partial charge in [0, 0.05) is 0 Å². The lowest BCUT2D eigenvalue weighted by atomic mass is 10.1. The van der Waals surface area contributed by atoms with E-state index in [9.17, 15) is 15.0 Å². The average molecular weight is 246 g/mol. The van der Waals surface area contributed by atoms with Crippen LogP contribution in [0, 0.1) is 0 Å². The molecule has 0 spiro atoms. The van der Waals surface area contributed by atoms with Crippen LogP contribution >= 0.6 is 0 Å². The maximum Gasteiger partial charge on any atom is 0.354 e. The SMILES string of the molecule is [2H]c1nc(N)nc(=O)n1[C@@H]1O[C@H](CO)[C@]([2H])(O)C1O. The summed E-state index contributed by atoms with van der Waals surface area (Å²) in [5, 5.41) is 28.4. The smallest absolute Gasteiger partial charge is 0.354 e. The van der Waals surface area contributed by atoms with E-state index in [0.717, 1.165) is 0 Å². The third kappa shape index (κ3) is 2.00. The largest absolute Gasteiger partial charge is 0.394 e. The third-order valence-electron chi connectivity index (χ3n) is 2.32. The molecule has 9 heteroatoms. The van der Waals surface area contributed by atoms with Crippen LogP contribution in [0.4, 0.5) is 5.95 Å². The molecule has 17 heavy (non-hydrogen) atoms. The minimum absolute atomic E-state index is 0.418. The van der Waals surface area contributed by atoms with Crippen LogP contribution in [0.5, 0.6) is 0 Å². The Morgan fingerprint density at radius 1 is 1.71 bits per heavy atom. The molecule has 0 bridgehead atoms. The Hall–Kier alpha value is -1.55. The lowest BCUT2D eigenvalue weighted by Crippen LogP contribution is -2.36. The van der Waals surface area contributed by atoms with Crippen molar-refractivity contribution in [3.8, 4) is 0 Å². The summed E-state index contributed by atoms with van der Waals surface area (Å²) in [4.78, 5) is 18.3. The lowest BCUT2D eigenvalue weighted by molar-refractivity contribution is -0.0554. The lowest BCUT2D eigenvalue weighted by Gasteiger charge is -2.16. The number of nitrogens with zero attached hydrogens (tertiary/aromatic N) is 3. The number of nitrogen functional groups attached to an aromatic ring is 1. The van der Waals surface area contributed by atoms with E-state index in [2.05, 4.69) is 9.97 Å². The van der Waals surface area contributed by atoms with E-state index in [1.807, 2.05) is 0 Å². The van der Waals surface area contributed by atoms with Gasteiger partial charge in [0.15, 0.2) is 6.23 Å². The quantitative estimate of drug-likeness (QED) is 0.428. The molecule has 1 aliphatic heterocycles. The number of aliphatic hydroxyl groups excluding tert-OH is 2. The monoisotopic (exact) mass is 246 g/mol. The third-order valence-corrected chi connectivity index (χ3v) is 2.32. The van der Waals surface area contributed by atoms with Gasteiger partial charge in [0.25, 0.3) is 0 Å². The van der Waals surface area contributed by atoms with Crippen LogP contribution in [0.3, 0.4) is 0 Å². The zero-order valence-electron chi connectivity index (χ0n) is 10.5. The van der Waals surface area contributed by atoms with Gasteiger partial charge in [-0.3, -0.25) is 4.57 Å². The summed E-state index contributed by atoms with van der Waals surface area (Å²) < 4.78 is 20.5. The predicted molar refractivity (Wildman–Crippen MR) is 53.7 cm³/mol. The number of hydrogen-bond acceptors (Lipinski definition) is 8. The Bertz CT molecular complexity index is 550. The van der Waals surface area contributed by atoms with Crippen LogP contribution < -0.4 is 11.4 Å². The Kier molecular flexibility index (Phi) is 2.44. The minimum Gasteiger partial charge on any atom is -0.394 e. The minimum atomic E-state index is -2.52. The average Bonchev–Trinajstić information content (AvgIpc) is 2.51. The Morgan fingerprint density at radius 3 is 2.94 bits per heavy atom. The van der Waals surface area contributed by atoms with Gasteiger partial charge in [0.1, 0.15) is 26.0 Å². The number of hydrogen-bond donors (Lipinski definition) is 4. The zero-order chi connectivity index (χ0) is 14.4.